The van der Waals surface area contributed by atoms with Crippen LogP contribution in [0.1, 0.15) is 31.8 Å². The Kier molecular flexibility index (Phi) is 7.51. The number of anilines is 5. The van der Waals surface area contributed by atoms with Gasteiger partial charge in [-0.05, 0) is 91.7 Å². The van der Waals surface area contributed by atoms with Crippen LogP contribution in [-0.2, 0) is 0 Å². The maximum Gasteiger partial charge on any atom is 0.257 e. The third-order valence-electron chi connectivity index (χ3n) is 6.68. The zero-order valence-electron chi connectivity index (χ0n) is 21.9. The fourth-order valence-corrected chi connectivity index (χ4v) is 4.43. The van der Waals surface area contributed by atoms with Crippen molar-refractivity contribution in [3.8, 4) is 0 Å². The molecule has 5 rings (SSSR count). The molecule has 5 aromatic carbocycles. The summed E-state index contributed by atoms with van der Waals surface area (Å²) in [4.78, 5) is 28.4. The molecule has 5 aromatic rings. The Morgan fingerprint density at radius 3 is 1.79 bits per heavy atom. The molecule has 0 radical (unpaired) electrons. The van der Waals surface area contributed by atoms with Gasteiger partial charge in [-0.1, -0.05) is 60.7 Å². The second kappa shape index (κ2) is 11.5. The average Bonchev–Trinajstić information content (AvgIpc) is 2.97. The molecule has 0 atom stereocenters. The summed E-state index contributed by atoms with van der Waals surface area (Å²) in [5.74, 6) is -0.441. The minimum atomic E-state index is -0.241. The average molecular weight is 512 g/mol. The second-order valence-electron chi connectivity index (χ2n) is 9.26. The number of nitrogens with one attached hydrogen (secondary N) is 2. The number of hydrogen-bond acceptors (Lipinski definition) is 3. The highest BCUT2D eigenvalue weighted by atomic mass is 16.2. The summed E-state index contributed by atoms with van der Waals surface area (Å²) >= 11 is 0. The van der Waals surface area contributed by atoms with Gasteiger partial charge in [0, 0.05) is 28.3 Å². The van der Waals surface area contributed by atoms with Crippen LogP contribution in [0, 0.1) is 13.8 Å². The normalized spacial score (nSPS) is 10.5. The molecule has 192 valence electrons. The number of carbonyl (C=O) groups is 2. The number of para-hydroxylation sites is 3. The van der Waals surface area contributed by atoms with Gasteiger partial charge in [-0.2, -0.15) is 0 Å². The van der Waals surface area contributed by atoms with Gasteiger partial charge in [-0.3, -0.25) is 9.59 Å². The first-order valence-corrected chi connectivity index (χ1v) is 12.8. The first kappa shape index (κ1) is 25.5. The van der Waals surface area contributed by atoms with E-state index in [9.17, 15) is 9.59 Å². The molecule has 0 heterocycles. The highest BCUT2D eigenvalue weighted by Gasteiger charge is 2.19. The number of carbonyl (C=O) groups excluding carboxylic acids is 2. The molecular formula is C34H29N3O2. The monoisotopic (exact) mass is 511 g/mol. The van der Waals surface area contributed by atoms with Crippen molar-refractivity contribution in [1.29, 1.82) is 0 Å². The van der Waals surface area contributed by atoms with Gasteiger partial charge in [0.05, 0.1) is 11.3 Å². The van der Waals surface area contributed by atoms with E-state index in [1.54, 1.807) is 24.3 Å². The van der Waals surface area contributed by atoms with E-state index in [1.807, 2.05) is 117 Å². The van der Waals surface area contributed by atoms with Gasteiger partial charge in [0.2, 0.25) is 0 Å². The molecule has 0 spiro atoms. The van der Waals surface area contributed by atoms with Crippen molar-refractivity contribution in [3.63, 3.8) is 0 Å². The Balaban J connectivity index is 1.38. The minimum Gasteiger partial charge on any atom is -0.322 e. The van der Waals surface area contributed by atoms with E-state index in [1.165, 1.54) is 0 Å². The van der Waals surface area contributed by atoms with Crippen LogP contribution < -0.4 is 15.5 Å². The summed E-state index contributed by atoms with van der Waals surface area (Å²) < 4.78 is 0. The third-order valence-corrected chi connectivity index (χ3v) is 6.68. The molecule has 2 N–H and O–H groups in total. The van der Waals surface area contributed by atoms with Crippen LogP contribution in [0.5, 0.6) is 0 Å². The molecule has 2 amide bonds. The molecule has 39 heavy (non-hydrogen) atoms. The molecule has 0 fully saturated rings. The highest BCUT2D eigenvalue weighted by molar-refractivity contribution is 6.10. The van der Waals surface area contributed by atoms with Gasteiger partial charge < -0.3 is 15.5 Å². The van der Waals surface area contributed by atoms with Crippen LogP contribution in [0.4, 0.5) is 28.4 Å². The summed E-state index contributed by atoms with van der Waals surface area (Å²) in [6.45, 7) is 4.00. The topological polar surface area (TPSA) is 61.4 Å². The Bertz CT molecular complexity index is 1560. The molecule has 0 aromatic heterocycles. The largest absolute Gasteiger partial charge is 0.322 e. The quantitative estimate of drug-likeness (QED) is 0.231. The van der Waals surface area contributed by atoms with Crippen LogP contribution in [0.25, 0.3) is 0 Å². The number of aryl methyl sites for hydroxylation is 1. The van der Waals surface area contributed by atoms with Crippen molar-refractivity contribution >= 4 is 40.3 Å². The number of rotatable bonds is 7. The van der Waals surface area contributed by atoms with Crippen molar-refractivity contribution in [3.05, 3.63) is 150 Å². The van der Waals surface area contributed by atoms with Gasteiger partial charge in [-0.25, -0.2) is 0 Å². The first-order chi connectivity index (χ1) is 19.0. The van der Waals surface area contributed by atoms with Gasteiger partial charge >= 0.3 is 0 Å². The Hall–Kier alpha value is -5.16. The summed E-state index contributed by atoms with van der Waals surface area (Å²) in [6.07, 6.45) is 0. The standard InChI is InChI=1S/C34H29N3O2/c1-24-12-11-18-31(25(24)2)36-33(38)26-20-22-27(23-21-26)35-34(39)30-17-9-10-19-32(30)37(28-13-5-3-6-14-28)29-15-7-4-8-16-29/h3-23H,1-2H3,(H,35,39)(H,36,38). The van der Waals surface area contributed by atoms with E-state index in [-0.39, 0.29) is 11.8 Å². The predicted molar refractivity (Wildman–Crippen MR) is 159 cm³/mol. The fourth-order valence-electron chi connectivity index (χ4n) is 4.43. The van der Waals surface area contributed by atoms with E-state index >= 15 is 0 Å². The second-order valence-corrected chi connectivity index (χ2v) is 9.26. The van der Waals surface area contributed by atoms with E-state index < -0.39 is 0 Å². The zero-order chi connectivity index (χ0) is 27.2. The smallest absolute Gasteiger partial charge is 0.257 e. The van der Waals surface area contributed by atoms with Crippen molar-refractivity contribution in [2.75, 3.05) is 15.5 Å². The first-order valence-electron chi connectivity index (χ1n) is 12.8. The SMILES string of the molecule is Cc1cccc(NC(=O)c2ccc(NC(=O)c3ccccc3N(c3ccccc3)c3ccccc3)cc2)c1C. The molecule has 5 nitrogen and oxygen atoms in total. The molecule has 5 heteroatoms. The lowest BCUT2D eigenvalue weighted by Gasteiger charge is -2.27. The summed E-state index contributed by atoms with van der Waals surface area (Å²) in [7, 11) is 0. The summed E-state index contributed by atoms with van der Waals surface area (Å²) in [5.41, 5.74) is 7.23. The van der Waals surface area contributed by atoms with Crippen molar-refractivity contribution in [2.24, 2.45) is 0 Å². The van der Waals surface area contributed by atoms with Crippen molar-refractivity contribution in [1.82, 2.24) is 0 Å². The zero-order valence-corrected chi connectivity index (χ0v) is 21.9. The fraction of sp³-hybridized carbons (Fsp3) is 0.0588. The summed E-state index contributed by atoms with van der Waals surface area (Å²) in [6, 6.07) is 40.2. The Morgan fingerprint density at radius 2 is 1.15 bits per heavy atom. The van der Waals surface area contributed by atoms with Gasteiger partial charge in [0.15, 0.2) is 0 Å². The lowest BCUT2D eigenvalue weighted by atomic mass is 10.1. The molecular weight excluding hydrogens is 482 g/mol. The van der Waals surface area contributed by atoms with E-state index in [2.05, 4.69) is 15.5 Å². The lowest BCUT2D eigenvalue weighted by Crippen LogP contribution is -2.18. The minimum absolute atomic E-state index is 0.201. The van der Waals surface area contributed by atoms with Crippen molar-refractivity contribution < 1.29 is 9.59 Å². The van der Waals surface area contributed by atoms with E-state index in [0.717, 1.165) is 33.9 Å². The lowest BCUT2D eigenvalue weighted by molar-refractivity contribution is 0.102. The van der Waals surface area contributed by atoms with Crippen LogP contribution >= 0.6 is 0 Å². The number of benzene rings is 5. The molecule has 0 saturated heterocycles. The third kappa shape index (κ3) is 5.73. The molecule has 0 bridgehead atoms. The molecule has 0 unspecified atom stereocenters. The van der Waals surface area contributed by atoms with Crippen LogP contribution in [-0.4, -0.2) is 11.8 Å². The van der Waals surface area contributed by atoms with Gasteiger partial charge in [-0.15, -0.1) is 0 Å². The van der Waals surface area contributed by atoms with Crippen LogP contribution in [0.2, 0.25) is 0 Å². The predicted octanol–water partition coefficient (Wildman–Crippen LogP) is 8.28. The van der Waals surface area contributed by atoms with Gasteiger partial charge in [0.1, 0.15) is 0 Å². The van der Waals surface area contributed by atoms with E-state index in [0.29, 0.717) is 16.8 Å². The maximum absolute atomic E-state index is 13.5. The molecule has 0 aliphatic carbocycles. The van der Waals surface area contributed by atoms with E-state index in [4.69, 9.17) is 0 Å². The Labute approximate surface area is 228 Å². The van der Waals surface area contributed by atoms with Crippen LogP contribution in [0.15, 0.2) is 127 Å². The highest BCUT2D eigenvalue weighted by Crippen LogP contribution is 2.36. The van der Waals surface area contributed by atoms with Gasteiger partial charge in [0.25, 0.3) is 11.8 Å². The molecule has 0 aliphatic heterocycles. The van der Waals surface area contributed by atoms with Crippen LogP contribution in [0.3, 0.4) is 0 Å². The maximum atomic E-state index is 13.5. The number of nitrogens with zero attached hydrogens (tertiary/aromatic N) is 1. The summed E-state index contributed by atoms with van der Waals surface area (Å²) in [5, 5.41) is 5.96. The number of amides is 2. The molecule has 0 aliphatic rings. The number of hydrogen-bond donors (Lipinski definition) is 2. The van der Waals surface area contributed by atoms with Crippen molar-refractivity contribution in [2.45, 2.75) is 13.8 Å². The Morgan fingerprint density at radius 1 is 0.564 bits per heavy atom. The molecule has 0 saturated carbocycles.